The Balaban J connectivity index is 2.15. The smallest absolute Gasteiger partial charge is 0.311 e. The molecule has 9 nitrogen and oxygen atoms in total. The summed E-state index contributed by atoms with van der Waals surface area (Å²) in [5.74, 6) is -1.70. The second kappa shape index (κ2) is 12.8. The first-order valence-corrected chi connectivity index (χ1v) is 15.3. The summed E-state index contributed by atoms with van der Waals surface area (Å²) in [7, 11) is 0. The third kappa shape index (κ3) is 8.25. The maximum absolute atomic E-state index is 13.4. The molecule has 0 unspecified atom stereocenters. The van der Waals surface area contributed by atoms with Crippen molar-refractivity contribution in [2.45, 2.75) is 99.3 Å². The molecule has 11 heteroatoms. The second-order valence-corrected chi connectivity index (χ2v) is 15.4. The fraction of sp³-hybridized carbons (Fsp3) is 0.613. The fourth-order valence-corrected chi connectivity index (χ4v) is 4.86. The Hall–Kier alpha value is -2.18. The molecule has 42 heavy (non-hydrogen) atoms. The highest BCUT2D eigenvalue weighted by molar-refractivity contribution is 14.1. The molecule has 0 radical (unpaired) electrons. The fourth-order valence-electron chi connectivity index (χ4n) is 4.19. The summed E-state index contributed by atoms with van der Waals surface area (Å²) in [6, 6.07) is 6.61. The van der Waals surface area contributed by atoms with E-state index < -0.39 is 64.7 Å². The van der Waals surface area contributed by atoms with Crippen LogP contribution in [0.1, 0.15) is 80.3 Å². The highest BCUT2D eigenvalue weighted by Gasteiger charge is 2.53. The lowest BCUT2D eigenvalue weighted by Gasteiger charge is -2.48. The van der Waals surface area contributed by atoms with Crippen LogP contribution in [-0.4, -0.2) is 59.7 Å². The number of carbonyl (C=O) groups is 4. The first-order chi connectivity index (χ1) is 19.2. The van der Waals surface area contributed by atoms with Gasteiger partial charge in [0.15, 0.2) is 30.3 Å². The van der Waals surface area contributed by atoms with Gasteiger partial charge < -0.3 is 23.8 Å². The molecule has 0 aliphatic carbocycles. The number of benzene rings is 1. The van der Waals surface area contributed by atoms with Crippen molar-refractivity contribution in [1.29, 1.82) is 0 Å². The SMILES string of the molecule is CC(C)(C)C(=O)O[C@H]1[C@H](OC(=O)C(C)(C)C)[C@@H](N2C=C(I)C(=O)C[C@@H]2c2ccc(Cl)cc2)OC[C@H]1OC(=O)C(C)(C)C. The molecule has 1 saturated heterocycles. The van der Waals surface area contributed by atoms with Gasteiger partial charge in [-0.25, -0.2) is 0 Å². The predicted molar refractivity (Wildman–Crippen MR) is 166 cm³/mol. The standard InChI is InChI=1S/C31H41ClINO8/c1-29(2,3)26(36)40-22-16-39-25(24(42-28(38)31(7,8)9)23(22)41-27(37)30(4,5)6)34-15-19(33)21(35)14-20(34)17-10-12-18(32)13-11-17/h10-13,15,20,22-25H,14,16H2,1-9H3/t20-,22-,23-,24+,25+/m1/s1. The van der Waals surface area contributed by atoms with Crippen LogP contribution in [0.4, 0.5) is 0 Å². The molecular weight excluding hydrogens is 677 g/mol. The minimum absolute atomic E-state index is 0.0569. The largest absolute Gasteiger partial charge is 0.455 e. The van der Waals surface area contributed by atoms with Gasteiger partial charge in [0, 0.05) is 17.6 Å². The monoisotopic (exact) mass is 717 g/mol. The maximum atomic E-state index is 13.4. The van der Waals surface area contributed by atoms with Gasteiger partial charge in [-0.3, -0.25) is 19.2 Å². The lowest BCUT2D eigenvalue weighted by molar-refractivity contribution is -0.256. The Morgan fingerprint density at radius 1 is 0.833 bits per heavy atom. The molecule has 2 heterocycles. The third-order valence-corrected chi connectivity index (χ3v) is 7.93. The lowest BCUT2D eigenvalue weighted by atomic mass is 9.92. The first-order valence-electron chi connectivity index (χ1n) is 13.9. The summed E-state index contributed by atoms with van der Waals surface area (Å²) in [6.45, 7) is 15.2. The Kier molecular flexibility index (Phi) is 10.5. The third-order valence-electron chi connectivity index (χ3n) is 6.80. The topological polar surface area (TPSA) is 108 Å². The van der Waals surface area contributed by atoms with Gasteiger partial charge in [-0.2, -0.15) is 0 Å². The van der Waals surface area contributed by atoms with Crippen LogP contribution in [0, 0.1) is 16.2 Å². The number of halogens is 2. The van der Waals surface area contributed by atoms with Crippen LogP contribution < -0.4 is 0 Å². The van der Waals surface area contributed by atoms with Crippen LogP contribution in [0.5, 0.6) is 0 Å². The second-order valence-electron chi connectivity index (χ2n) is 13.8. The molecule has 0 saturated carbocycles. The van der Waals surface area contributed by atoms with Gasteiger partial charge in [0.25, 0.3) is 0 Å². The molecular formula is C31H41ClINO8. The van der Waals surface area contributed by atoms with Gasteiger partial charge in [0.2, 0.25) is 0 Å². The summed E-state index contributed by atoms with van der Waals surface area (Å²) in [6.07, 6.45) is -2.65. The van der Waals surface area contributed by atoms with Crippen LogP contribution in [0.15, 0.2) is 34.0 Å². The van der Waals surface area contributed by atoms with E-state index in [0.29, 0.717) is 8.60 Å². The number of esters is 3. The normalized spacial score (nSPS) is 25.4. The molecule has 0 spiro atoms. The highest BCUT2D eigenvalue weighted by atomic mass is 127. The van der Waals surface area contributed by atoms with Gasteiger partial charge >= 0.3 is 17.9 Å². The average Bonchev–Trinajstić information content (AvgIpc) is 2.86. The van der Waals surface area contributed by atoms with E-state index in [2.05, 4.69) is 0 Å². The number of ether oxygens (including phenoxy) is 4. The minimum atomic E-state index is -1.21. The van der Waals surface area contributed by atoms with Gasteiger partial charge in [-0.05, 0) is 103 Å². The molecule has 1 fully saturated rings. The molecule has 5 atom stereocenters. The van der Waals surface area contributed by atoms with Crippen LogP contribution in [0.2, 0.25) is 5.02 Å². The van der Waals surface area contributed by atoms with Crippen LogP contribution >= 0.6 is 34.2 Å². The zero-order chi connectivity index (χ0) is 31.8. The van der Waals surface area contributed by atoms with Crippen LogP contribution in [-0.2, 0) is 38.1 Å². The summed E-state index contributed by atoms with van der Waals surface area (Å²) in [4.78, 5) is 54.3. The Morgan fingerprint density at radius 3 is 1.81 bits per heavy atom. The summed E-state index contributed by atoms with van der Waals surface area (Å²) in [5, 5.41) is 0.543. The van der Waals surface area contributed by atoms with Crippen LogP contribution in [0.25, 0.3) is 0 Å². The van der Waals surface area contributed by atoms with Crippen molar-refractivity contribution in [3.63, 3.8) is 0 Å². The van der Waals surface area contributed by atoms with E-state index in [0.717, 1.165) is 5.56 Å². The molecule has 2 aliphatic heterocycles. The van der Waals surface area contributed by atoms with E-state index in [9.17, 15) is 19.2 Å². The van der Waals surface area contributed by atoms with Crippen LogP contribution in [0.3, 0.4) is 0 Å². The quantitative estimate of drug-likeness (QED) is 0.201. The number of ketones is 1. The number of rotatable bonds is 5. The van der Waals surface area contributed by atoms with Gasteiger partial charge in [0.1, 0.15) is 0 Å². The van der Waals surface area contributed by atoms with E-state index >= 15 is 0 Å². The minimum Gasteiger partial charge on any atom is -0.455 e. The van der Waals surface area contributed by atoms with Crippen molar-refractivity contribution in [3.05, 3.63) is 44.6 Å². The molecule has 232 valence electrons. The van der Waals surface area contributed by atoms with E-state index in [1.54, 1.807) is 80.6 Å². The lowest BCUT2D eigenvalue weighted by Crippen LogP contribution is -2.63. The number of hydrogen-bond donors (Lipinski definition) is 0. The summed E-state index contributed by atoms with van der Waals surface area (Å²) >= 11 is 8.11. The summed E-state index contributed by atoms with van der Waals surface area (Å²) < 4.78 is 24.8. The van der Waals surface area contributed by atoms with Crippen molar-refractivity contribution >= 4 is 57.9 Å². The van der Waals surface area contributed by atoms with Crippen molar-refractivity contribution in [3.8, 4) is 0 Å². The molecule has 0 bridgehead atoms. The van der Waals surface area contributed by atoms with E-state index in [-0.39, 0.29) is 18.8 Å². The van der Waals surface area contributed by atoms with Gasteiger partial charge in [-0.1, -0.05) is 23.7 Å². The van der Waals surface area contributed by atoms with Crippen molar-refractivity contribution in [1.82, 2.24) is 4.90 Å². The zero-order valence-corrected chi connectivity index (χ0v) is 28.6. The first kappa shape index (κ1) is 34.3. The van der Waals surface area contributed by atoms with Crippen molar-refractivity contribution in [2.24, 2.45) is 16.2 Å². The van der Waals surface area contributed by atoms with Gasteiger partial charge in [0.05, 0.1) is 32.5 Å². The molecule has 2 aliphatic rings. The number of nitrogens with zero attached hydrogens (tertiary/aromatic N) is 1. The molecule has 0 aromatic heterocycles. The van der Waals surface area contributed by atoms with E-state index in [4.69, 9.17) is 30.5 Å². The molecule has 3 rings (SSSR count). The molecule has 0 amide bonds. The van der Waals surface area contributed by atoms with Crippen molar-refractivity contribution < 1.29 is 38.1 Å². The Bertz CT molecular complexity index is 1230. The number of carbonyl (C=O) groups excluding carboxylic acids is 4. The number of hydrogen-bond acceptors (Lipinski definition) is 9. The number of allylic oxidation sites excluding steroid dienone is 1. The Morgan fingerprint density at radius 2 is 1.31 bits per heavy atom. The zero-order valence-electron chi connectivity index (χ0n) is 25.7. The van der Waals surface area contributed by atoms with E-state index in [1.807, 2.05) is 39.6 Å². The van der Waals surface area contributed by atoms with Gasteiger partial charge in [-0.15, -0.1) is 0 Å². The average molecular weight is 718 g/mol. The van der Waals surface area contributed by atoms with E-state index in [1.165, 1.54) is 0 Å². The molecule has 1 aromatic carbocycles. The predicted octanol–water partition coefficient (Wildman–Crippen LogP) is 6.16. The molecule has 0 N–H and O–H groups in total. The Labute approximate surface area is 266 Å². The maximum Gasteiger partial charge on any atom is 0.311 e. The van der Waals surface area contributed by atoms with Crippen molar-refractivity contribution in [2.75, 3.05) is 6.61 Å². The highest BCUT2D eigenvalue weighted by Crippen LogP contribution is 2.40. The molecule has 1 aromatic rings. The summed E-state index contributed by atoms with van der Waals surface area (Å²) in [5.41, 5.74) is -1.86. The number of Topliss-reactive ketones (excluding diaryl/α,β-unsaturated/α-hetero) is 1.